The molecular weight excluding hydrogens is 258 g/mol. The van der Waals surface area contributed by atoms with Crippen molar-refractivity contribution < 1.29 is 4.79 Å². The Kier molecular flexibility index (Phi) is 3.05. The average Bonchev–Trinajstić information content (AvgIpc) is 2.74. The van der Waals surface area contributed by atoms with Gasteiger partial charge in [0.2, 0.25) is 0 Å². The standard InChI is InChI=1S/C19H25NO/c1-18(2)16-10-11-19(18,3)17(21)15(16)12-13-6-8-14(9-7-13)20(4)5/h6-9,12,16H,10-11H2,1-5H3/b15-12+. The van der Waals surface area contributed by atoms with Gasteiger partial charge in [-0.1, -0.05) is 32.9 Å². The first-order valence-electron chi connectivity index (χ1n) is 7.81. The van der Waals surface area contributed by atoms with Crippen molar-refractivity contribution in [2.24, 2.45) is 16.7 Å². The fraction of sp³-hybridized carbons (Fsp3) is 0.526. The van der Waals surface area contributed by atoms with Gasteiger partial charge in [0.25, 0.3) is 0 Å². The zero-order valence-corrected chi connectivity index (χ0v) is 13.7. The molecule has 2 saturated carbocycles. The van der Waals surface area contributed by atoms with Gasteiger partial charge in [-0.25, -0.2) is 0 Å². The molecule has 0 spiro atoms. The minimum absolute atomic E-state index is 0.0967. The van der Waals surface area contributed by atoms with Crippen molar-refractivity contribution >= 4 is 17.5 Å². The number of Topliss-reactive ketones (excluding diaryl/α,β-unsaturated/α-hetero) is 1. The van der Waals surface area contributed by atoms with Crippen LogP contribution in [0, 0.1) is 16.7 Å². The van der Waals surface area contributed by atoms with Crippen molar-refractivity contribution in [1.29, 1.82) is 0 Å². The zero-order chi connectivity index (χ0) is 15.4. The molecular formula is C19H25NO. The second-order valence-corrected chi connectivity index (χ2v) is 7.56. The first-order valence-corrected chi connectivity index (χ1v) is 7.81. The lowest BCUT2D eigenvalue weighted by Gasteiger charge is -2.31. The summed E-state index contributed by atoms with van der Waals surface area (Å²) in [5.74, 6) is 0.795. The van der Waals surface area contributed by atoms with Gasteiger partial charge in [-0.3, -0.25) is 4.79 Å². The van der Waals surface area contributed by atoms with Gasteiger partial charge in [-0.05, 0) is 53.5 Å². The van der Waals surface area contributed by atoms with Crippen LogP contribution in [0.25, 0.3) is 6.08 Å². The molecule has 2 nitrogen and oxygen atoms in total. The van der Waals surface area contributed by atoms with E-state index in [2.05, 4.69) is 56.0 Å². The van der Waals surface area contributed by atoms with Gasteiger partial charge in [0.05, 0.1) is 0 Å². The van der Waals surface area contributed by atoms with E-state index in [9.17, 15) is 4.79 Å². The van der Waals surface area contributed by atoms with Crippen LogP contribution >= 0.6 is 0 Å². The predicted molar refractivity (Wildman–Crippen MR) is 88.4 cm³/mol. The van der Waals surface area contributed by atoms with Crippen LogP contribution < -0.4 is 4.90 Å². The smallest absolute Gasteiger partial charge is 0.165 e. The van der Waals surface area contributed by atoms with Crippen LogP contribution in [0.2, 0.25) is 0 Å². The fourth-order valence-corrected chi connectivity index (χ4v) is 4.14. The molecule has 1 aromatic rings. The summed E-state index contributed by atoms with van der Waals surface area (Å²) in [6.45, 7) is 6.68. The Morgan fingerprint density at radius 2 is 1.76 bits per heavy atom. The van der Waals surface area contributed by atoms with Gasteiger partial charge in [0, 0.05) is 25.2 Å². The van der Waals surface area contributed by atoms with Crippen molar-refractivity contribution in [3.05, 3.63) is 35.4 Å². The molecule has 0 aliphatic heterocycles. The normalized spacial score (nSPS) is 32.0. The molecule has 2 atom stereocenters. The topological polar surface area (TPSA) is 20.3 Å². The van der Waals surface area contributed by atoms with E-state index < -0.39 is 0 Å². The second kappa shape index (κ2) is 4.46. The molecule has 3 rings (SSSR count). The Hall–Kier alpha value is -1.57. The lowest BCUT2D eigenvalue weighted by atomic mass is 9.70. The number of benzene rings is 1. The Balaban J connectivity index is 1.96. The number of carbonyl (C=O) groups excluding carboxylic acids is 1. The molecule has 2 heteroatoms. The third-order valence-electron chi connectivity index (χ3n) is 6.10. The molecule has 112 valence electrons. The number of anilines is 1. The Morgan fingerprint density at radius 1 is 1.14 bits per heavy atom. The molecule has 0 heterocycles. The molecule has 0 radical (unpaired) electrons. The number of allylic oxidation sites excluding steroid dienone is 1. The SMILES string of the molecule is CN(C)c1ccc(/C=C2/C(=O)C3(C)CCC2C3(C)C)cc1. The van der Waals surface area contributed by atoms with Crippen molar-refractivity contribution in [3.63, 3.8) is 0 Å². The number of rotatable bonds is 2. The number of hydrogen-bond donors (Lipinski definition) is 0. The highest BCUT2D eigenvalue weighted by molar-refractivity contribution is 6.07. The third-order valence-corrected chi connectivity index (χ3v) is 6.10. The molecule has 21 heavy (non-hydrogen) atoms. The molecule has 2 unspecified atom stereocenters. The lowest BCUT2D eigenvalue weighted by Crippen LogP contribution is -2.32. The maximum atomic E-state index is 12.8. The molecule has 0 aromatic heterocycles. The highest BCUT2D eigenvalue weighted by Gasteiger charge is 2.63. The highest BCUT2D eigenvalue weighted by atomic mass is 16.1. The summed E-state index contributed by atoms with van der Waals surface area (Å²) >= 11 is 0. The largest absolute Gasteiger partial charge is 0.378 e. The van der Waals surface area contributed by atoms with Gasteiger partial charge in [0.1, 0.15) is 0 Å². The van der Waals surface area contributed by atoms with Gasteiger partial charge < -0.3 is 4.90 Å². The zero-order valence-electron chi connectivity index (χ0n) is 13.7. The minimum atomic E-state index is -0.160. The van der Waals surface area contributed by atoms with Crippen LogP contribution in [0.15, 0.2) is 29.8 Å². The molecule has 2 aliphatic rings. The van der Waals surface area contributed by atoms with E-state index in [0.29, 0.717) is 11.7 Å². The van der Waals surface area contributed by atoms with Crippen molar-refractivity contribution in [2.45, 2.75) is 33.6 Å². The average molecular weight is 283 g/mol. The van der Waals surface area contributed by atoms with Crippen LogP contribution in [0.1, 0.15) is 39.2 Å². The number of hydrogen-bond acceptors (Lipinski definition) is 2. The van der Waals surface area contributed by atoms with Gasteiger partial charge in [0.15, 0.2) is 5.78 Å². The van der Waals surface area contributed by atoms with E-state index >= 15 is 0 Å². The summed E-state index contributed by atoms with van der Waals surface area (Å²) < 4.78 is 0. The van der Waals surface area contributed by atoms with Crippen LogP contribution in [0.3, 0.4) is 0 Å². The summed E-state index contributed by atoms with van der Waals surface area (Å²) in [5.41, 5.74) is 3.30. The van der Waals surface area contributed by atoms with Crippen LogP contribution in [0.4, 0.5) is 5.69 Å². The Labute approximate surface area is 127 Å². The monoisotopic (exact) mass is 283 g/mol. The first kappa shape index (κ1) is 14.4. The number of carbonyl (C=O) groups is 1. The Morgan fingerprint density at radius 3 is 2.24 bits per heavy atom. The van der Waals surface area contributed by atoms with E-state index in [4.69, 9.17) is 0 Å². The molecule has 2 bridgehead atoms. The van der Waals surface area contributed by atoms with E-state index in [0.717, 1.165) is 24.0 Å². The second-order valence-electron chi connectivity index (χ2n) is 7.56. The molecule has 2 fully saturated rings. The molecule has 0 saturated heterocycles. The van der Waals surface area contributed by atoms with Crippen molar-refractivity contribution in [1.82, 2.24) is 0 Å². The van der Waals surface area contributed by atoms with Crippen LogP contribution in [-0.4, -0.2) is 19.9 Å². The first-order chi connectivity index (χ1) is 9.77. The molecule has 0 amide bonds. The summed E-state index contributed by atoms with van der Waals surface area (Å²) in [6.07, 6.45) is 4.32. The number of ketones is 1. The summed E-state index contributed by atoms with van der Waals surface area (Å²) in [4.78, 5) is 14.9. The fourth-order valence-electron chi connectivity index (χ4n) is 4.14. The van der Waals surface area contributed by atoms with E-state index in [-0.39, 0.29) is 10.8 Å². The lowest BCUT2D eigenvalue weighted by molar-refractivity contribution is -0.125. The third kappa shape index (κ3) is 1.88. The van der Waals surface area contributed by atoms with E-state index in [1.807, 2.05) is 14.1 Å². The van der Waals surface area contributed by atoms with Crippen LogP contribution in [0.5, 0.6) is 0 Å². The van der Waals surface area contributed by atoms with Crippen molar-refractivity contribution in [2.75, 3.05) is 19.0 Å². The van der Waals surface area contributed by atoms with Gasteiger partial charge >= 0.3 is 0 Å². The summed E-state index contributed by atoms with van der Waals surface area (Å²) in [5, 5.41) is 0. The van der Waals surface area contributed by atoms with Gasteiger partial charge in [-0.2, -0.15) is 0 Å². The maximum absolute atomic E-state index is 12.8. The maximum Gasteiger partial charge on any atom is 0.165 e. The predicted octanol–water partition coefficient (Wildman–Crippen LogP) is 4.16. The number of fused-ring (bicyclic) bond motifs is 2. The number of nitrogens with zero attached hydrogens (tertiary/aromatic N) is 1. The Bertz CT molecular complexity index is 609. The minimum Gasteiger partial charge on any atom is -0.378 e. The summed E-state index contributed by atoms with van der Waals surface area (Å²) in [6, 6.07) is 8.43. The van der Waals surface area contributed by atoms with E-state index in [1.165, 1.54) is 5.69 Å². The quantitative estimate of drug-likeness (QED) is 0.760. The summed E-state index contributed by atoms with van der Waals surface area (Å²) in [7, 11) is 4.08. The highest BCUT2D eigenvalue weighted by Crippen LogP contribution is 2.65. The molecule has 1 aromatic carbocycles. The van der Waals surface area contributed by atoms with Gasteiger partial charge in [-0.15, -0.1) is 0 Å². The molecule has 2 aliphatic carbocycles. The van der Waals surface area contributed by atoms with E-state index in [1.54, 1.807) is 0 Å². The van der Waals surface area contributed by atoms with Crippen LogP contribution in [-0.2, 0) is 4.79 Å². The molecule has 0 N–H and O–H groups in total. The van der Waals surface area contributed by atoms with Crippen molar-refractivity contribution in [3.8, 4) is 0 Å².